The molecule has 112 valence electrons. The Labute approximate surface area is 136 Å². The van der Waals surface area contributed by atoms with Crippen LogP contribution in [0.5, 0.6) is 5.75 Å². The molecule has 0 spiro atoms. The molecule has 2 unspecified atom stereocenters. The number of benzene rings is 1. The molecule has 0 amide bonds. The van der Waals surface area contributed by atoms with E-state index in [2.05, 4.69) is 13.8 Å². The van der Waals surface area contributed by atoms with Gasteiger partial charge in [-0.1, -0.05) is 43.5 Å². The Morgan fingerprint density at radius 1 is 1.30 bits per heavy atom. The first-order valence-corrected chi connectivity index (χ1v) is 8.32. The number of halogens is 3. The average molecular weight is 336 g/mol. The quantitative estimate of drug-likeness (QED) is 0.571. The van der Waals surface area contributed by atoms with Gasteiger partial charge in [-0.05, 0) is 42.7 Å². The van der Waals surface area contributed by atoms with Crippen LogP contribution in [0.15, 0.2) is 12.1 Å². The van der Waals surface area contributed by atoms with Gasteiger partial charge in [-0.2, -0.15) is 0 Å². The van der Waals surface area contributed by atoms with Crippen LogP contribution in [0.2, 0.25) is 10.0 Å². The Bertz CT molecular complexity index is 485. The Morgan fingerprint density at radius 3 is 2.55 bits per heavy atom. The first-order valence-electron chi connectivity index (χ1n) is 7.12. The molecule has 0 heterocycles. The summed E-state index contributed by atoms with van der Waals surface area (Å²) in [4.78, 5) is 0. The third-order valence-corrected chi connectivity index (χ3v) is 5.50. The minimum Gasteiger partial charge on any atom is -0.492 e. The van der Waals surface area contributed by atoms with Gasteiger partial charge in [-0.15, -0.1) is 11.6 Å². The first kappa shape index (κ1) is 16.3. The van der Waals surface area contributed by atoms with E-state index in [1.54, 1.807) is 6.07 Å². The Hall–Kier alpha value is -0.110. The van der Waals surface area contributed by atoms with Crippen molar-refractivity contribution in [3.8, 4) is 5.75 Å². The molecule has 2 rings (SSSR count). The first-order chi connectivity index (χ1) is 9.36. The van der Waals surface area contributed by atoms with Gasteiger partial charge in [0.15, 0.2) is 0 Å². The van der Waals surface area contributed by atoms with Crippen molar-refractivity contribution >= 4 is 34.8 Å². The highest BCUT2D eigenvalue weighted by atomic mass is 35.5. The summed E-state index contributed by atoms with van der Waals surface area (Å²) in [6.45, 7) is 7.05. The molecule has 1 aromatic carbocycles. The lowest BCUT2D eigenvalue weighted by molar-refractivity contribution is 0.252. The van der Waals surface area contributed by atoms with Crippen LogP contribution in [0.4, 0.5) is 0 Å². The summed E-state index contributed by atoms with van der Waals surface area (Å²) in [6.07, 6.45) is 3.58. The summed E-state index contributed by atoms with van der Waals surface area (Å²) in [5.74, 6) is 1.05. The monoisotopic (exact) mass is 334 g/mol. The second-order valence-corrected chi connectivity index (χ2v) is 7.41. The van der Waals surface area contributed by atoms with Crippen molar-refractivity contribution in [1.29, 1.82) is 0 Å². The zero-order valence-electron chi connectivity index (χ0n) is 12.2. The fourth-order valence-electron chi connectivity index (χ4n) is 3.13. The topological polar surface area (TPSA) is 9.23 Å². The second-order valence-electron chi connectivity index (χ2n) is 6.13. The Kier molecular flexibility index (Phi) is 5.15. The van der Waals surface area contributed by atoms with E-state index in [-0.39, 0.29) is 10.8 Å². The zero-order chi connectivity index (χ0) is 14.9. The summed E-state index contributed by atoms with van der Waals surface area (Å²) < 4.78 is 5.46. The van der Waals surface area contributed by atoms with Gasteiger partial charge in [0.1, 0.15) is 5.75 Å². The van der Waals surface area contributed by atoms with Crippen molar-refractivity contribution in [2.24, 2.45) is 11.3 Å². The number of rotatable bonds is 4. The molecule has 0 radical (unpaired) electrons. The zero-order valence-corrected chi connectivity index (χ0v) is 14.4. The molecule has 1 aromatic rings. The van der Waals surface area contributed by atoms with Crippen molar-refractivity contribution in [1.82, 2.24) is 0 Å². The molecular weight excluding hydrogens is 315 g/mol. The smallest absolute Gasteiger partial charge is 0.139 e. The predicted molar refractivity (Wildman–Crippen MR) is 87.3 cm³/mol. The van der Waals surface area contributed by atoms with E-state index in [1.807, 2.05) is 13.0 Å². The van der Waals surface area contributed by atoms with Crippen LogP contribution in [0.3, 0.4) is 0 Å². The summed E-state index contributed by atoms with van der Waals surface area (Å²) in [5, 5.41) is 1.11. The fourth-order valence-corrected chi connectivity index (χ4v) is 4.34. The molecule has 2 atom stereocenters. The van der Waals surface area contributed by atoms with E-state index in [0.29, 0.717) is 28.3 Å². The van der Waals surface area contributed by atoms with Gasteiger partial charge in [0.2, 0.25) is 0 Å². The van der Waals surface area contributed by atoms with Crippen molar-refractivity contribution in [3.63, 3.8) is 0 Å². The van der Waals surface area contributed by atoms with Gasteiger partial charge in [0.05, 0.1) is 17.0 Å². The predicted octanol–water partition coefficient (Wildman–Crippen LogP) is 6.50. The summed E-state index contributed by atoms with van der Waals surface area (Å²) in [7, 11) is 0. The third-order valence-electron chi connectivity index (χ3n) is 4.34. The van der Waals surface area contributed by atoms with E-state index in [9.17, 15) is 0 Å². The van der Waals surface area contributed by atoms with Gasteiger partial charge in [-0.3, -0.25) is 0 Å². The number of ether oxygens (including phenoxy) is 1. The molecule has 20 heavy (non-hydrogen) atoms. The molecule has 1 fully saturated rings. The highest BCUT2D eigenvalue weighted by molar-refractivity contribution is 6.35. The van der Waals surface area contributed by atoms with E-state index in [0.717, 1.165) is 12.0 Å². The van der Waals surface area contributed by atoms with Crippen LogP contribution < -0.4 is 4.74 Å². The number of hydrogen-bond donors (Lipinski definition) is 0. The Morgan fingerprint density at radius 2 is 2.00 bits per heavy atom. The standard InChI is InChI=1S/C16H21Cl3O/c1-4-20-14-9-12(17)10(8-13(14)18)15(19)11-6-5-7-16(11,2)3/h8-9,11,15H,4-7H2,1-3H3. The van der Waals surface area contributed by atoms with Gasteiger partial charge in [0.25, 0.3) is 0 Å². The minimum absolute atomic E-state index is 0.104. The van der Waals surface area contributed by atoms with Crippen molar-refractivity contribution in [2.75, 3.05) is 6.61 Å². The molecule has 0 bridgehead atoms. The molecule has 1 aliphatic carbocycles. The lowest BCUT2D eigenvalue weighted by Gasteiger charge is -2.31. The Balaban J connectivity index is 2.31. The van der Waals surface area contributed by atoms with Gasteiger partial charge in [0, 0.05) is 11.1 Å². The molecule has 0 N–H and O–H groups in total. The molecule has 1 aliphatic rings. The molecular formula is C16H21Cl3O. The molecule has 0 aliphatic heterocycles. The van der Waals surface area contributed by atoms with Crippen LogP contribution in [-0.4, -0.2) is 6.61 Å². The van der Waals surface area contributed by atoms with Gasteiger partial charge < -0.3 is 4.74 Å². The maximum absolute atomic E-state index is 6.72. The molecule has 0 aromatic heterocycles. The van der Waals surface area contributed by atoms with Crippen molar-refractivity contribution < 1.29 is 4.74 Å². The van der Waals surface area contributed by atoms with Crippen LogP contribution in [0, 0.1) is 11.3 Å². The summed E-state index contributed by atoms with van der Waals surface area (Å²) >= 11 is 19.4. The van der Waals surface area contributed by atoms with Crippen LogP contribution >= 0.6 is 34.8 Å². The lowest BCUT2D eigenvalue weighted by Crippen LogP contribution is -2.21. The SMILES string of the molecule is CCOc1cc(Cl)c(C(Cl)C2CCCC2(C)C)cc1Cl. The van der Waals surface area contributed by atoms with E-state index in [1.165, 1.54) is 12.8 Å². The minimum atomic E-state index is -0.104. The van der Waals surface area contributed by atoms with E-state index < -0.39 is 0 Å². The number of alkyl halides is 1. The van der Waals surface area contributed by atoms with E-state index in [4.69, 9.17) is 39.5 Å². The molecule has 4 heteroatoms. The van der Waals surface area contributed by atoms with Crippen LogP contribution in [0.25, 0.3) is 0 Å². The van der Waals surface area contributed by atoms with Crippen LogP contribution in [0.1, 0.15) is 51.0 Å². The maximum Gasteiger partial charge on any atom is 0.139 e. The van der Waals surface area contributed by atoms with Crippen LogP contribution in [-0.2, 0) is 0 Å². The normalized spacial score (nSPS) is 22.8. The van der Waals surface area contributed by atoms with E-state index >= 15 is 0 Å². The summed E-state index contributed by atoms with van der Waals surface area (Å²) in [6, 6.07) is 3.64. The van der Waals surface area contributed by atoms with Gasteiger partial charge >= 0.3 is 0 Å². The highest BCUT2D eigenvalue weighted by Crippen LogP contribution is 2.52. The maximum atomic E-state index is 6.72. The second kappa shape index (κ2) is 6.34. The largest absolute Gasteiger partial charge is 0.492 e. The van der Waals surface area contributed by atoms with Crippen molar-refractivity contribution in [2.45, 2.75) is 45.4 Å². The summed E-state index contributed by atoms with van der Waals surface area (Å²) in [5.41, 5.74) is 1.17. The number of hydrogen-bond acceptors (Lipinski definition) is 1. The highest BCUT2D eigenvalue weighted by Gasteiger charge is 2.40. The average Bonchev–Trinajstić information content (AvgIpc) is 2.72. The molecule has 0 saturated heterocycles. The van der Waals surface area contributed by atoms with Gasteiger partial charge in [-0.25, -0.2) is 0 Å². The third kappa shape index (κ3) is 3.21. The van der Waals surface area contributed by atoms with Crippen molar-refractivity contribution in [3.05, 3.63) is 27.7 Å². The fraction of sp³-hybridized carbons (Fsp3) is 0.625. The molecule has 1 nitrogen and oxygen atoms in total. The lowest BCUT2D eigenvalue weighted by atomic mass is 9.78. The molecule has 1 saturated carbocycles.